The minimum Gasteiger partial charge on any atom is -0.480 e. The van der Waals surface area contributed by atoms with Crippen molar-refractivity contribution < 1.29 is 24.5 Å². The van der Waals surface area contributed by atoms with Gasteiger partial charge in [0.2, 0.25) is 0 Å². The van der Waals surface area contributed by atoms with E-state index < -0.39 is 24.2 Å². The summed E-state index contributed by atoms with van der Waals surface area (Å²) in [6.45, 7) is 2.02. The van der Waals surface area contributed by atoms with Crippen molar-refractivity contribution in [1.82, 2.24) is 5.32 Å². The lowest BCUT2D eigenvalue weighted by Gasteiger charge is -2.15. The average Bonchev–Trinajstić information content (AvgIpc) is 2.30. The molecule has 0 saturated heterocycles. The van der Waals surface area contributed by atoms with E-state index in [9.17, 15) is 14.7 Å². The number of amides is 1. The second-order valence-electron chi connectivity index (χ2n) is 3.90. The molecule has 0 bridgehead atoms. The van der Waals surface area contributed by atoms with Gasteiger partial charge >= 0.3 is 12.1 Å². The van der Waals surface area contributed by atoms with E-state index in [0.717, 1.165) is 12.8 Å². The molecule has 0 radical (unpaired) electrons. The number of carboxylic acid groups (broad SMARTS) is 1. The number of aliphatic hydroxyl groups is 1. The molecular formula is C11H21NO5. The average molecular weight is 247 g/mol. The number of hydrogen-bond donors (Lipinski definition) is 3. The van der Waals surface area contributed by atoms with Crippen molar-refractivity contribution in [2.75, 3.05) is 7.11 Å². The van der Waals surface area contributed by atoms with Gasteiger partial charge in [-0.1, -0.05) is 19.8 Å². The zero-order chi connectivity index (χ0) is 13.3. The highest BCUT2D eigenvalue weighted by Gasteiger charge is 2.21. The fourth-order valence-corrected chi connectivity index (χ4v) is 1.40. The van der Waals surface area contributed by atoms with E-state index in [1.807, 2.05) is 6.92 Å². The van der Waals surface area contributed by atoms with E-state index in [1.54, 1.807) is 0 Å². The van der Waals surface area contributed by atoms with Crippen LogP contribution in [0.4, 0.5) is 4.79 Å². The number of carbonyl (C=O) groups is 2. The lowest BCUT2D eigenvalue weighted by Crippen LogP contribution is -2.41. The third-order valence-corrected chi connectivity index (χ3v) is 2.46. The number of ether oxygens (including phenoxy) is 1. The van der Waals surface area contributed by atoms with Crippen LogP contribution < -0.4 is 5.32 Å². The molecule has 6 heteroatoms. The highest BCUT2D eigenvalue weighted by Crippen LogP contribution is 2.09. The predicted octanol–water partition coefficient (Wildman–Crippen LogP) is 1.13. The van der Waals surface area contributed by atoms with Crippen molar-refractivity contribution in [3.63, 3.8) is 0 Å². The summed E-state index contributed by atoms with van der Waals surface area (Å²) in [6.07, 6.45) is 1.79. The Labute approximate surface area is 101 Å². The Kier molecular flexibility index (Phi) is 8.13. The molecule has 0 saturated carbocycles. The van der Waals surface area contributed by atoms with Crippen molar-refractivity contribution in [3.05, 3.63) is 0 Å². The van der Waals surface area contributed by atoms with Gasteiger partial charge < -0.3 is 20.3 Å². The van der Waals surface area contributed by atoms with Crippen LogP contribution in [0.5, 0.6) is 0 Å². The van der Waals surface area contributed by atoms with E-state index in [0.29, 0.717) is 12.8 Å². The highest BCUT2D eigenvalue weighted by molar-refractivity contribution is 5.79. The van der Waals surface area contributed by atoms with E-state index in [4.69, 9.17) is 5.11 Å². The number of methoxy groups -OCH3 is 1. The molecule has 0 aromatic heterocycles. The molecule has 0 rings (SSSR count). The van der Waals surface area contributed by atoms with E-state index >= 15 is 0 Å². The predicted molar refractivity (Wildman–Crippen MR) is 61.7 cm³/mol. The van der Waals surface area contributed by atoms with Crippen LogP contribution in [-0.2, 0) is 9.53 Å². The first kappa shape index (κ1) is 15.7. The molecule has 17 heavy (non-hydrogen) atoms. The molecule has 0 aliphatic carbocycles. The molecular weight excluding hydrogens is 226 g/mol. The maximum atomic E-state index is 10.9. The first-order chi connectivity index (χ1) is 8.01. The molecule has 1 unspecified atom stereocenters. The van der Waals surface area contributed by atoms with Crippen LogP contribution in [0.3, 0.4) is 0 Å². The number of carboxylic acids is 1. The molecule has 0 aliphatic heterocycles. The van der Waals surface area contributed by atoms with Gasteiger partial charge in [-0.05, 0) is 19.3 Å². The summed E-state index contributed by atoms with van der Waals surface area (Å²) in [4.78, 5) is 21.7. The minimum atomic E-state index is -1.13. The summed E-state index contributed by atoms with van der Waals surface area (Å²) < 4.78 is 4.33. The van der Waals surface area contributed by atoms with Crippen LogP contribution in [0.15, 0.2) is 0 Å². The van der Waals surface area contributed by atoms with E-state index in [1.165, 1.54) is 7.11 Å². The lowest BCUT2D eigenvalue weighted by molar-refractivity contribution is -0.139. The fraction of sp³-hybridized carbons (Fsp3) is 0.818. The first-order valence-electron chi connectivity index (χ1n) is 5.76. The van der Waals surface area contributed by atoms with Gasteiger partial charge in [0.15, 0.2) is 0 Å². The van der Waals surface area contributed by atoms with Crippen molar-refractivity contribution in [2.24, 2.45) is 0 Å². The van der Waals surface area contributed by atoms with Crippen molar-refractivity contribution in [2.45, 2.75) is 51.2 Å². The normalized spacial score (nSPS) is 13.8. The quantitative estimate of drug-likeness (QED) is 0.597. The first-order valence-corrected chi connectivity index (χ1v) is 5.76. The van der Waals surface area contributed by atoms with E-state index in [-0.39, 0.29) is 6.42 Å². The zero-order valence-corrected chi connectivity index (χ0v) is 10.3. The van der Waals surface area contributed by atoms with Gasteiger partial charge in [0.05, 0.1) is 13.2 Å². The molecule has 2 atom stereocenters. The van der Waals surface area contributed by atoms with Crippen LogP contribution in [0, 0.1) is 0 Å². The van der Waals surface area contributed by atoms with Crippen LogP contribution in [-0.4, -0.2) is 41.5 Å². The minimum absolute atomic E-state index is 0.190. The third kappa shape index (κ3) is 7.57. The number of rotatable bonds is 8. The number of nitrogens with one attached hydrogen (secondary N) is 1. The molecule has 0 aromatic carbocycles. The molecule has 0 spiro atoms. The van der Waals surface area contributed by atoms with Gasteiger partial charge in [-0.15, -0.1) is 0 Å². The SMILES string of the molecule is CCCCC(O)CC[C@@H](NC(=O)OC)C(=O)O. The highest BCUT2D eigenvalue weighted by atomic mass is 16.5. The van der Waals surface area contributed by atoms with Crippen LogP contribution >= 0.6 is 0 Å². The maximum absolute atomic E-state index is 10.9. The Morgan fingerprint density at radius 1 is 1.29 bits per heavy atom. The topological polar surface area (TPSA) is 95.9 Å². The number of alkyl carbamates (subject to hydrolysis) is 1. The largest absolute Gasteiger partial charge is 0.480 e. The van der Waals surface area contributed by atoms with Crippen LogP contribution in [0.1, 0.15) is 39.0 Å². The number of carbonyl (C=O) groups excluding carboxylic acids is 1. The molecule has 100 valence electrons. The van der Waals surface area contributed by atoms with Gasteiger partial charge in [-0.25, -0.2) is 9.59 Å². The monoisotopic (exact) mass is 247 g/mol. The molecule has 6 nitrogen and oxygen atoms in total. The molecule has 0 aromatic rings. The zero-order valence-electron chi connectivity index (χ0n) is 10.3. The third-order valence-electron chi connectivity index (χ3n) is 2.46. The summed E-state index contributed by atoms with van der Waals surface area (Å²) in [5, 5.41) is 20.6. The lowest BCUT2D eigenvalue weighted by atomic mass is 10.0. The number of aliphatic carboxylic acids is 1. The Morgan fingerprint density at radius 3 is 2.41 bits per heavy atom. The summed E-state index contributed by atoms with van der Waals surface area (Å²) in [7, 11) is 1.17. The van der Waals surface area contributed by atoms with Gasteiger partial charge in [0.25, 0.3) is 0 Å². The molecule has 0 heterocycles. The van der Waals surface area contributed by atoms with Gasteiger partial charge in [-0.2, -0.15) is 0 Å². The maximum Gasteiger partial charge on any atom is 0.407 e. The number of aliphatic hydroxyl groups excluding tert-OH is 1. The summed E-state index contributed by atoms with van der Waals surface area (Å²) in [5.74, 6) is -1.13. The molecule has 0 fully saturated rings. The Hall–Kier alpha value is -1.30. The fourth-order valence-electron chi connectivity index (χ4n) is 1.40. The van der Waals surface area contributed by atoms with E-state index in [2.05, 4.69) is 10.1 Å². The Balaban J connectivity index is 4.00. The second kappa shape index (κ2) is 8.81. The number of unbranched alkanes of at least 4 members (excludes halogenated alkanes) is 1. The van der Waals surface area contributed by atoms with Gasteiger partial charge in [0.1, 0.15) is 6.04 Å². The Bertz CT molecular complexity index is 244. The second-order valence-corrected chi connectivity index (χ2v) is 3.90. The van der Waals surface area contributed by atoms with Crippen molar-refractivity contribution >= 4 is 12.1 Å². The molecule has 0 aliphatic rings. The number of hydrogen-bond acceptors (Lipinski definition) is 4. The summed E-state index contributed by atoms with van der Waals surface area (Å²) >= 11 is 0. The van der Waals surface area contributed by atoms with Gasteiger partial charge in [-0.3, -0.25) is 0 Å². The van der Waals surface area contributed by atoms with Crippen LogP contribution in [0.2, 0.25) is 0 Å². The van der Waals surface area contributed by atoms with Crippen LogP contribution in [0.25, 0.3) is 0 Å². The summed E-state index contributed by atoms with van der Waals surface area (Å²) in [5.41, 5.74) is 0. The standard InChI is InChI=1S/C11H21NO5/c1-3-4-5-8(13)6-7-9(10(14)15)12-11(16)17-2/h8-9,13H,3-7H2,1-2H3,(H,12,16)(H,14,15)/t8?,9-/m1/s1. The van der Waals surface area contributed by atoms with Crippen molar-refractivity contribution in [3.8, 4) is 0 Å². The smallest absolute Gasteiger partial charge is 0.407 e. The van der Waals surface area contributed by atoms with Crippen molar-refractivity contribution in [1.29, 1.82) is 0 Å². The van der Waals surface area contributed by atoms with Gasteiger partial charge in [0, 0.05) is 0 Å². The molecule has 3 N–H and O–H groups in total. The Morgan fingerprint density at radius 2 is 1.94 bits per heavy atom. The summed E-state index contributed by atoms with van der Waals surface area (Å²) in [6, 6.07) is -1.02. The molecule has 1 amide bonds.